The van der Waals surface area contributed by atoms with E-state index in [0.717, 1.165) is 0 Å². The monoisotopic (exact) mass is 271 g/mol. The molecule has 3 atom stereocenters. The van der Waals surface area contributed by atoms with Crippen LogP contribution in [0.25, 0.3) is 0 Å². The van der Waals surface area contributed by atoms with Crippen molar-refractivity contribution in [2.24, 2.45) is 0 Å². The minimum absolute atomic E-state index is 0.164. The molecule has 0 unspecified atom stereocenters. The maximum Gasteiger partial charge on any atom is 0.138 e. The first-order valence-corrected chi connectivity index (χ1v) is 7.78. The summed E-state index contributed by atoms with van der Waals surface area (Å²) in [7, 11) is 1.49. The van der Waals surface area contributed by atoms with E-state index in [0.29, 0.717) is 6.04 Å². The molecule has 1 fully saturated rings. The molecule has 1 aliphatic rings. The van der Waals surface area contributed by atoms with E-state index < -0.39 is 8.30 Å². The summed E-state index contributed by atoms with van der Waals surface area (Å²) in [5.41, 5.74) is 1.27. The van der Waals surface area contributed by atoms with Gasteiger partial charge in [-0.25, -0.2) is 0 Å². The molecule has 1 heterocycles. The first-order valence-electron chi connectivity index (χ1n) is 6.57. The van der Waals surface area contributed by atoms with Crippen molar-refractivity contribution in [1.29, 1.82) is 0 Å². The summed E-state index contributed by atoms with van der Waals surface area (Å²) in [6.07, 6.45) is 0.164. The van der Waals surface area contributed by atoms with E-state index in [9.17, 15) is 0 Å². The van der Waals surface area contributed by atoms with Crippen LogP contribution in [0.3, 0.4) is 0 Å². The SMILES string of the molecule is C[C@H]1[C@@H](c2ccccc2)O[P@](c2ccccc2)N1C. The minimum atomic E-state index is -0.670. The molecule has 1 aliphatic heterocycles. The highest BCUT2D eigenvalue weighted by atomic mass is 31.2. The first kappa shape index (κ1) is 12.8. The van der Waals surface area contributed by atoms with E-state index in [-0.39, 0.29) is 6.10 Å². The van der Waals surface area contributed by atoms with Crippen LogP contribution in [0.2, 0.25) is 0 Å². The van der Waals surface area contributed by atoms with Gasteiger partial charge in [-0.05, 0) is 19.5 Å². The van der Waals surface area contributed by atoms with Crippen LogP contribution in [0.4, 0.5) is 0 Å². The summed E-state index contributed by atoms with van der Waals surface area (Å²) in [4.78, 5) is 0. The Morgan fingerprint density at radius 2 is 1.53 bits per heavy atom. The second-order valence-electron chi connectivity index (χ2n) is 4.86. The fourth-order valence-corrected chi connectivity index (χ4v) is 4.44. The van der Waals surface area contributed by atoms with Gasteiger partial charge in [-0.1, -0.05) is 60.7 Å². The number of likely N-dealkylation sites (N-methyl/N-ethyl adjacent to an activating group) is 1. The average molecular weight is 271 g/mol. The number of benzene rings is 2. The van der Waals surface area contributed by atoms with Crippen LogP contribution < -0.4 is 5.30 Å². The maximum absolute atomic E-state index is 6.35. The molecule has 2 aromatic carbocycles. The molecular formula is C16H18NOP. The Bertz CT molecular complexity index is 481. The van der Waals surface area contributed by atoms with Crippen molar-refractivity contribution < 1.29 is 4.52 Å². The maximum atomic E-state index is 6.35. The quantitative estimate of drug-likeness (QED) is 0.772. The highest BCUT2D eigenvalue weighted by Gasteiger charge is 2.39. The standard InChI is InChI=1S/C16H18NOP/c1-13-16(14-9-5-3-6-10-14)18-19(17(13)2)15-11-7-4-8-12-15/h3-13,16H,1-2H3/t13-,16-,19+/m0/s1. The molecule has 0 aromatic heterocycles. The zero-order chi connectivity index (χ0) is 13.2. The number of hydrogen-bond donors (Lipinski definition) is 0. The van der Waals surface area contributed by atoms with Crippen molar-refractivity contribution in [3.63, 3.8) is 0 Å². The van der Waals surface area contributed by atoms with E-state index >= 15 is 0 Å². The molecule has 98 valence electrons. The van der Waals surface area contributed by atoms with Crippen molar-refractivity contribution in [1.82, 2.24) is 4.67 Å². The molecule has 0 radical (unpaired) electrons. The summed E-state index contributed by atoms with van der Waals surface area (Å²) < 4.78 is 8.71. The second-order valence-corrected chi connectivity index (χ2v) is 6.76. The highest BCUT2D eigenvalue weighted by molar-refractivity contribution is 7.58. The lowest BCUT2D eigenvalue weighted by Gasteiger charge is -2.20. The lowest BCUT2D eigenvalue weighted by molar-refractivity contribution is 0.218. The zero-order valence-electron chi connectivity index (χ0n) is 11.2. The molecule has 0 amide bonds. The Kier molecular flexibility index (Phi) is 3.65. The highest BCUT2D eigenvalue weighted by Crippen LogP contribution is 2.54. The number of nitrogens with zero attached hydrogens (tertiary/aromatic N) is 1. The van der Waals surface area contributed by atoms with E-state index in [1.807, 2.05) is 12.1 Å². The fourth-order valence-electron chi connectivity index (χ4n) is 2.41. The van der Waals surface area contributed by atoms with Crippen molar-refractivity contribution in [3.8, 4) is 0 Å². The Hall–Kier alpha value is -1.21. The van der Waals surface area contributed by atoms with Gasteiger partial charge in [0, 0.05) is 11.3 Å². The van der Waals surface area contributed by atoms with E-state index in [1.165, 1.54) is 10.9 Å². The van der Waals surface area contributed by atoms with Crippen LogP contribution in [0.15, 0.2) is 60.7 Å². The Balaban J connectivity index is 1.88. The zero-order valence-corrected chi connectivity index (χ0v) is 12.1. The summed E-state index contributed by atoms with van der Waals surface area (Å²) >= 11 is 0. The largest absolute Gasteiger partial charge is 0.330 e. The molecule has 2 nitrogen and oxygen atoms in total. The van der Waals surface area contributed by atoms with E-state index in [4.69, 9.17) is 4.52 Å². The van der Waals surface area contributed by atoms with Gasteiger partial charge in [-0.15, -0.1) is 0 Å². The minimum Gasteiger partial charge on any atom is -0.330 e. The third-order valence-corrected chi connectivity index (χ3v) is 5.74. The van der Waals surface area contributed by atoms with Crippen LogP contribution in [-0.4, -0.2) is 17.8 Å². The van der Waals surface area contributed by atoms with Crippen LogP contribution in [-0.2, 0) is 4.52 Å². The Morgan fingerprint density at radius 1 is 0.947 bits per heavy atom. The molecule has 0 bridgehead atoms. The first-order chi connectivity index (χ1) is 9.27. The molecular weight excluding hydrogens is 253 g/mol. The molecule has 3 rings (SSSR count). The molecule has 3 heteroatoms. The predicted octanol–water partition coefficient (Wildman–Crippen LogP) is 3.72. The lowest BCUT2D eigenvalue weighted by atomic mass is 10.0. The number of rotatable bonds is 2. The summed E-state index contributed by atoms with van der Waals surface area (Å²) in [5.74, 6) is 0. The Morgan fingerprint density at radius 3 is 2.16 bits per heavy atom. The molecule has 19 heavy (non-hydrogen) atoms. The molecule has 0 aliphatic carbocycles. The van der Waals surface area contributed by atoms with Crippen molar-refractivity contribution in [3.05, 3.63) is 66.2 Å². The van der Waals surface area contributed by atoms with Crippen LogP contribution in [0.1, 0.15) is 18.6 Å². The lowest BCUT2D eigenvalue weighted by Crippen LogP contribution is -2.24. The Labute approximate surface area is 115 Å². The average Bonchev–Trinajstić information content (AvgIpc) is 2.77. The normalized spacial score (nSPS) is 27.6. The molecule has 2 aromatic rings. The van der Waals surface area contributed by atoms with Crippen molar-refractivity contribution in [2.45, 2.75) is 19.1 Å². The van der Waals surface area contributed by atoms with Gasteiger partial charge in [-0.2, -0.15) is 0 Å². The smallest absolute Gasteiger partial charge is 0.138 e. The predicted molar refractivity (Wildman–Crippen MR) is 80.5 cm³/mol. The molecule has 0 N–H and O–H groups in total. The van der Waals surface area contributed by atoms with Gasteiger partial charge in [0.2, 0.25) is 0 Å². The van der Waals surface area contributed by atoms with Gasteiger partial charge < -0.3 is 4.52 Å². The second kappa shape index (κ2) is 5.42. The molecule has 0 saturated carbocycles. The van der Waals surface area contributed by atoms with Gasteiger partial charge >= 0.3 is 0 Å². The third kappa shape index (κ3) is 2.44. The summed E-state index contributed by atoms with van der Waals surface area (Å²) in [6, 6.07) is 21.4. The van der Waals surface area contributed by atoms with Gasteiger partial charge in [0.1, 0.15) is 14.4 Å². The summed E-state index contributed by atoms with van der Waals surface area (Å²) in [5, 5.41) is 1.28. The van der Waals surface area contributed by atoms with Crippen LogP contribution >= 0.6 is 8.30 Å². The topological polar surface area (TPSA) is 12.5 Å². The van der Waals surface area contributed by atoms with Crippen molar-refractivity contribution in [2.75, 3.05) is 7.05 Å². The number of hydrogen-bond acceptors (Lipinski definition) is 2. The van der Waals surface area contributed by atoms with E-state index in [2.05, 4.69) is 67.2 Å². The van der Waals surface area contributed by atoms with Gasteiger partial charge in [-0.3, -0.25) is 4.67 Å². The van der Waals surface area contributed by atoms with E-state index in [1.54, 1.807) is 0 Å². The van der Waals surface area contributed by atoms with Crippen molar-refractivity contribution >= 4 is 13.6 Å². The van der Waals surface area contributed by atoms with Gasteiger partial charge in [0.25, 0.3) is 0 Å². The molecule has 0 spiro atoms. The third-order valence-electron chi connectivity index (χ3n) is 3.63. The molecule has 1 saturated heterocycles. The van der Waals surface area contributed by atoms with Gasteiger partial charge in [0.15, 0.2) is 0 Å². The fraction of sp³-hybridized carbons (Fsp3) is 0.250. The summed E-state index contributed by atoms with van der Waals surface area (Å²) in [6.45, 7) is 2.24. The van der Waals surface area contributed by atoms with Gasteiger partial charge in [0.05, 0.1) is 0 Å². The van der Waals surface area contributed by atoms with Crippen LogP contribution in [0, 0.1) is 0 Å². The van der Waals surface area contributed by atoms with Crippen LogP contribution in [0.5, 0.6) is 0 Å².